The predicted octanol–water partition coefficient (Wildman–Crippen LogP) is 0.426. The molecule has 2 nitrogen and oxygen atoms in total. The Hall–Kier alpha value is -0.600. The van der Waals surface area contributed by atoms with Gasteiger partial charge >= 0.3 is 0 Å². The predicted molar refractivity (Wildman–Crippen MR) is 28.7 cm³/mol. The van der Waals surface area contributed by atoms with Gasteiger partial charge in [0.2, 0.25) is 5.91 Å². The van der Waals surface area contributed by atoms with Crippen LogP contribution in [0, 0.1) is 6.42 Å². The van der Waals surface area contributed by atoms with Crippen molar-refractivity contribution in [2.45, 2.75) is 12.8 Å². The van der Waals surface area contributed by atoms with Crippen molar-refractivity contribution in [2.24, 2.45) is 5.73 Å². The van der Waals surface area contributed by atoms with Gasteiger partial charge in [0.05, 0.1) is 6.67 Å². The van der Waals surface area contributed by atoms with Crippen LogP contribution >= 0.6 is 0 Å². The van der Waals surface area contributed by atoms with Gasteiger partial charge < -0.3 is 5.73 Å². The molecule has 0 aromatic heterocycles. The molecule has 0 spiro atoms. The summed E-state index contributed by atoms with van der Waals surface area (Å²) < 4.78 is 11.3. The monoisotopic (exact) mass is 118 g/mol. The molecule has 0 saturated heterocycles. The second-order valence-corrected chi connectivity index (χ2v) is 1.44. The van der Waals surface area contributed by atoms with Crippen LogP contribution in [0.5, 0.6) is 0 Å². The van der Waals surface area contributed by atoms with Crippen molar-refractivity contribution >= 4 is 5.91 Å². The van der Waals surface area contributed by atoms with Gasteiger partial charge in [-0.1, -0.05) is 0 Å². The van der Waals surface area contributed by atoms with Gasteiger partial charge in [-0.25, -0.2) is 0 Å². The zero-order valence-electron chi connectivity index (χ0n) is 4.56. The summed E-state index contributed by atoms with van der Waals surface area (Å²) in [6.45, 7) is -0.385. The SMILES string of the molecule is NC(=O)[CH]CCCF. The maximum atomic E-state index is 11.3. The molecule has 8 heavy (non-hydrogen) atoms. The number of hydrogen-bond acceptors (Lipinski definition) is 1. The van der Waals surface area contributed by atoms with Crippen LogP contribution < -0.4 is 5.73 Å². The molecule has 0 fully saturated rings. The lowest BCUT2D eigenvalue weighted by Gasteiger charge is -1.88. The Morgan fingerprint density at radius 2 is 2.38 bits per heavy atom. The standard InChI is InChI=1S/C5H9FNO/c6-4-2-1-3-5(7)8/h3H,1-2,4H2,(H2,7,8). The van der Waals surface area contributed by atoms with Gasteiger partial charge in [0.25, 0.3) is 0 Å². The van der Waals surface area contributed by atoms with E-state index in [4.69, 9.17) is 5.73 Å². The highest BCUT2D eigenvalue weighted by atomic mass is 19.1. The molecular weight excluding hydrogens is 109 g/mol. The number of rotatable bonds is 4. The molecule has 0 saturated carbocycles. The molecule has 0 aliphatic rings. The number of hydrogen-bond donors (Lipinski definition) is 1. The van der Waals surface area contributed by atoms with Crippen LogP contribution in [0.25, 0.3) is 0 Å². The van der Waals surface area contributed by atoms with E-state index in [2.05, 4.69) is 0 Å². The molecule has 0 rings (SSSR count). The molecule has 0 bridgehead atoms. The lowest BCUT2D eigenvalue weighted by atomic mass is 10.2. The number of unbranched alkanes of at least 4 members (excludes halogenated alkanes) is 1. The van der Waals surface area contributed by atoms with E-state index in [0.29, 0.717) is 12.8 Å². The summed E-state index contributed by atoms with van der Waals surface area (Å²) in [5, 5.41) is 0. The molecule has 0 aromatic rings. The summed E-state index contributed by atoms with van der Waals surface area (Å²) in [7, 11) is 0. The third-order valence-corrected chi connectivity index (χ3v) is 0.683. The molecule has 0 aliphatic carbocycles. The molecule has 0 aromatic carbocycles. The Bertz CT molecular complexity index is 74.8. The molecule has 2 N–H and O–H groups in total. The quantitative estimate of drug-likeness (QED) is 0.534. The number of nitrogens with two attached hydrogens (primary N) is 1. The number of carbonyl (C=O) groups excluding carboxylic acids is 1. The van der Waals surface area contributed by atoms with E-state index >= 15 is 0 Å². The highest BCUT2D eigenvalue weighted by Crippen LogP contribution is 1.91. The molecule has 1 radical (unpaired) electrons. The molecule has 47 valence electrons. The first-order valence-corrected chi connectivity index (χ1v) is 2.46. The molecule has 0 heterocycles. The van der Waals surface area contributed by atoms with Gasteiger partial charge in [-0.3, -0.25) is 9.18 Å². The molecule has 1 amide bonds. The van der Waals surface area contributed by atoms with Crippen molar-refractivity contribution in [1.82, 2.24) is 0 Å². The maximum absolute atomic E-state index is 11.3. The Morgan fingerprint density at radius 3 is 2.75 bits per heavy atom. The molecule has 3 heteroatoms. The van der Waals surface area contributed by atoms with Gasteiger partial charge in [-0.2, -0.15) is 0 Å². The van der Waals surface area contributed by atoms with Gasteiger partial charge in [0.15, 0.2) is 0 Å². The van der Waals surface area contributed by atoms with Crippen molar-refractivity contribution < 1.29 is 9.18 Å². The van der Waals surface area contributed by atoms with E-state index in [1.165, 1.54) is 6.42 Å². The van der Waals surface area contributed by atoms with Gasteiger partial charge in [0, 0.05) is 6.42 Å². The number of primary amides is 1. The Labute approximate surface area is 47.9 Å². The summed E-state index contributed by atoms with van der Waals surface area (Å²) in [5.74, 6) is -0.474. The maximum Gasteiger partial charge on any atom is 0.221 e. The van der Waals surface area contributed by atoms with Crippen LogP contribution in [-0.4, -0.2) is 12.6 Å². The zero-order valence-corrected chi connectivity index (χ0v) is 4.56. The Morgan fingerprint density at radius 1 is 1.75 bits per heavy atom. The third-order valence-electron chi connectivity index (χ3n) is 0.683. The fourth-order valence-electron chi connectivity index (χ4n) is 0.321. The molecule has 0 atom stereocenters. The molecule has 0 aliphatic heterocycles. The Kier molecular flexibility index (Phi) is 4.21. The smallest absolute Gasteiger partial charge is 0.221 e. The number of carbonyl (C=O) groups is 1. The van der Waals surface area contributed by atoms with Crippen molar-refractivity contribution in [2.75, 3.05) is 6.67 Å². The lowest BCUT2D eigenvalue weighted by molar-refractivity contribution is -0.115. The van der Waals surface area contributed by atoms with Crippen molar-refractivity contribution in [1.29, 1.82) is 0 Å². The highest BCUT2D eigenvalue weighted by Gasteiger charge is 1.92. The minimum atomic E-state index is -0.474. The largest absolute Gasteiger partial charge is 0.369 e. The topological polar surface area (TPSA) is 43.1 Å². The third kappa shape index (κ3) is 5.40. The minimum absolute atomic E-state index is 0.385. The summed E-state index contributed by atoms with van der Waals surface area (Å²) in [5.41, 5.74) is 4.72. The van der Waals surface area contributed by atoms with E-state index in [0.717, 1.165) is 0 Å². The van der Waals surface area contributed by atoms with Crippen LogP contribution in [0.4, 0.5) is 4.39 Å². The van der Waals surface area contributed by atoms with Crippen molar-refractivity contribution in [3.8, 4) is 0 Å². The fourth-order valence-corrected chi connectivity index (χ4v) is 0.321. The van der Waals surface area contributed by atoms with E-state index in [9.17, 15) is 9.18 Å². The number of amides is 1. The van der Waals surface area contributed by atoms with Crippen LogP contribution in [0.1, 0.15) is 12.8 Å². The van der Waals surface area contributed by atoms with Gasteiger partial charge in [0.1, 0.15) is 0 Å². The highest BCUT2D eigenvalue weighted by molar-refractivity contribution is 5.82. The number of alkyl halides is 1. The molecular formula is C5H9FNO. The van der Waals surface area contributed by atoms with E-state index in [1.807, 2.05) is 0 Å². The van der Waals surface area contributed by atoms with Crippen molar-refractivity contribution in [3.05, 3.63) is 6.42 Å². The second kappa shape index (κ2) is 4.56. The van der Waals surface area contributed by atoms with Gasteiger partial charge in [-0.15, -0.1) is 0 Å². The van der Waals surface area contributed by atoms with E-state index in [-0.39, 0.29) is 6.67 Å². The first-order chi connectivity index (χ1) is 3.77. The molecule has 0 unspecified atom stereocenters. The normalized spacial score (nSPS) is 9.12. The van der Waals surface area contributed by atoms with E-state index in [1.54, 1.807) is 0 Å². The summed E-state index contributed by atoms with van der Waals surface area (Å²) in [6, 6.07) is 0. The van der Waals surface area contributed by atoms with Crippen LogP contribution in [0.2, 0.25) is 0 Å². The van der Waals surface area contributed by atoms with Crippen LogP contribution in [-0.2, 0) is 4.79 Å². The van der Waals surface area contributed by atoms with Gasteiger partial charge in [-0.05, 0) is 12.8 Å². The van der Waals surface area contributed by atoms with Crippen LogP contribution in [0.15, 0.2) is 0 Å². The summed E-state index contributed by atoms with van der Waals surface area (Å²) >= 11 is 0. The van der Waals surface area contributed by atoms with Crippen LogP contribution in [0.3, 0.4) is 0 Å². The van der Waals surface area contributed by atoms with Crippen molar-refractivity contribution in [3.63, 3.8) is 0 Å². The van der Waals surface area contributed by atoms with E-state index < -0.39 is 5.91 Å². The fraction of sp³-hybridized carbons (Fsp3) is 0.600. The second-order valence-electron chi connectivity index (χ2n) is 1.44. The summed E-state index contributed by atoms with van der Waals surface area (Å²) in [6.07, 6.45) is 2.12. The Balaban J connectivity index is 2.82. The first kappa shape index (κ1) is 7.40. The average molecular weight is 118 g/mol. The first-order valence-electron chi connectivity index (χ1n) is 2.46. The average Bonchev–Trinajstić information content (AvgIpc) is 1.66. The zero-order chi connectivity index (χ0) is 6.41. The number of halogens is 1. The summed E-state index contributed by atoms with van der Waals surface area (Å²) in [4.78, 5) is 9.92. The minimum Gasteiger partial charge on any atom is -0.369 e. The lowest BCUT2D eigenvalue weighted by Crippen LogP contribution is -2.10.